The minimum atomic E-state index is -0.250. The summed E-state index contributed by atoms with van der Waals surface area (Å²) in [5.41, 5.74) is 7.03. The zero-order valence-corrected chi connectivity index (χ0v) is 10.5. The fraction of sp³-hybridized carbons (Fsp3) is 0.385. The van der Waals surface area contributed by atoms with Crippen LogP contribution in [0.4, 0.5) is 0 Å². The molecule has 18 heavy (non-hydrogen) atoms. The summed E-state index contributed by atoms with van der Waals surface area (Å²) in [4.78, 5) is 23.0. The smallest absolute Gasteiger partial charge is 0.251 e. The number of nitrogens with two attached hydrogens (primary N) is 1. The van der Waals surface area contributed by atoms with Crippen molar-refractivity contribution in [1.29, 1.82) is 0 Å². The number of carbonyl (C=O) groups is 2. The molecule has 0 aliphatic carbocycles. The van der Waals surface area contributed by atoms with E-state index in [9.17, 15) is 9.59 Å². The van der Waals surface area contributed by atoms with Crippen LogP contribution in [0.1, 0.15) is 22.8 Å². The van der Waals surface area contributed by atoms with Gasteiger partial charge in [-0.25, -0.2) is 0 Å². The van der Waals surface area contributed by atoms with Crippen molar-refractivity contribution in [3.63, 3.8) is 0 Å². The van der Waals surface area contributed by atoms with Gasteiger partial charge in [0.05, 0.1) is 6.54 Å². The fourth-order valence-electron chi connectivity index (χ4n) is 1.56. The molecular formula is C13H19N3O2. The lowest BCUT2D eigenvalue weighted by Crippen LogP contribution is -2.36. The minimum Gasteiger partial charge on any atom is -0.355 e. The molecule has 0 aromatic heterocycles. The predicted octanol–water partition coefficient (Wildman–Crippen LogP) is 0.0537. The summed E-state index contributed by atoms with van der Waals surface area (Å²) in [6, 6.07) is 7.24. The Morgan fingerprint density at radius 3 is 2.72 bits per heavy atom. The second kappa shape index (κ2) is 7.45. The van der Waals surface area contributed by atoms with Crippen molar-refractivity contribution >= 4 is 11.8 Å². The Morgan fingerprint density at radius 2 is 2.06 bits per heavy atom. The Bertz CT molecular complexity index is 418. The average Bonchev–Trinajstić information content (AvgIpc) is 2.37. The van der Waals surface area contributed by atoms with E-state index >= 15 is 0 Å². The standard InChI is InChI=1S/C13H19N3O2/c1-2-15-12(17)9-16-13(18)11-5-3-4-10(8-11)6-7-14/h3-5,8H,2,6-7,9,14H2,1H3,(H,15,17)(H,16,18). The molecule has 1 aromatic rings. The van der Waals surface area contributed by atoms with E-state index in [1.54, 1.807) is 12.1 Å². The van der Waals surface area contributed by atoms with Crippen LogP contribution in [0, 0.1) is 0 Å². The Balaban J connectivity index is 2.55. The number of benzene rings is 1. The van der Waals surface area contributed by atoms with Gasteiger partial charge in [-0.3, -0.25) is 9.59 Å². The fourth-order valence-corrected chi connectivity index (χ4v) is 1.56. The first-order chi connectivity index (χ1) is 8.67. The van der Waals surface area contributed by atoms with Crippen molar-refractivity contribution in [3.8, 4) is 0 Å². The van der Waals surface area contributed by atoms with Crippen molar-refractivity contribution in [1.82, 2.24) is 10.6 Å². The monoisotopic (exact) mass is 249 g/mol. The normalized spacial score (nSPS) is 9.89. The summed E-state index contributed by atoms with van der Waals surface area (Å²) in [6.07, 6.45) is 0.734. The van der Waals surface area contributed by atoms with Crippen molar-refractivity contribution < 1.29 is 9.59 Å². The molecule has 0 bridgehead atoms. The highest BCUT2D eigenvalue weighted by Gasteiger charge is 2.07. The molecule has 0 heterocycles. The molecular weight excluding hydrogens is 230 g/mol. The topological polar surface area (TPSA) is 84.2 Å². The number of hydrogen-bond acceptors (Lipinski definition) is 3. The third-order valence-electron chi connectivity index (χ3n) is 2.41. The molecule has 0 saturated heterocycles. The van der Waals surface area contributed by atoms with E-state index in [0.29, 0.717) is 18.7 Å². The van der Waals surface area contributed by atoms with E-state index in [0.717, 1.165) is 12.0 Å². The number of hydrogen-bond donors (Lipinski definition) is 3. The third kappa shape index (κ3) is 4.55. The Morgan fingerprint density at radius 1 is 1.28 bits per heavy atom. The van der Waals surface area contributed by atoms with Crippen LogP contribution in [0.3, 0.4) is 0 Å². The molecule has 5 heteroatoms. The van der Waals surface area contributed by atoms with Gasteiger partial charge in [0.1, 0.15) is 0 Å². The Labute approximate surface area is 107 Å². The molecule has 1 aromatic carbocycles. The van der Waals surface area contributed by atoms with Gasteiger partial charge in [-0.15, -0.1) is 0 Å². The summed E-state index contributed by atoms with van der Waals surface area (Å²) >= 11 is 0. The van der Waals surface area contributed by atoms with Crippen LogP contribution in [0.25, 0.3) is 0 Å². The lowest BCUT2D eigenvalue weighted by molar-refractivity contribution is -0.120. The van der Waals surface area contributed by atoms with Gasteiger partial charge in [0.15, 0.2) is 0 Å². The molecule has 0 aliphatic heterocycles. The maximum Gasteiger partial charge on any atom is 0.251 e. The Kier molecular flexibility index (Phi) is 5.87. The number of rotatable bonds is 6. The molecule has 0 saturated carbocycles. The van der Waals surface area contributed by atoms with E-state index in [2.05, 4.69) is 10.6 Å². The van der Waals surface area contributed by atoms with Crippen LogP contribution in [0.15, 0.2) is 24.3 Å². The van der Waals surface area contributed by atoms with E-state index in [1.807, 2.05) is 19.1 Å². The molecule has 0 radical (unpaired) electrons. The van der Waals surface area contributed by atoms with Crippen molar-refractivity contribution in [3.05, 3.63) is 35.4 Å². The van der Waals surface area contributed by atoms with Gasteiger partial charge in [0.25, 0.3) is 5.91 Å². The van der Waals surface area contributed by atoms with Gasteiger partial charge in [0.2, 0.25) is 5.91 Å². The summed E-state index contributed by atoms with van der Waals surface area (Å²) in [7, 11) is 0. The number of likely N-dealkylation sites (N-methyl/N-ethyl adjacent to an activating group) is 1. The summed E-state index contributed by atoms with van der Waals surface area (Å²) in [5.74, 6) is -0.441. The van der Waals surface area contributed by atoms with E-state index in [4.69, 9.17) is 5.73 Å². The molecule has 0 aliphatic rings. The SMILES string of the molecule is CCNC(=O)CNC(=O)c1cccc(CCN)c1. The first-order valence-electron chi connectivity index (χ1n) is 6.01. The van der Waals surface area contributed by atoms with E-state index < -0.39 is 0 Å². The van der Waals surface area contributed by atoms with Gasteiger partial charge in [-0.1, -0.05) is 12.1 Å². The number of carbonyl (C=O) groups excluding carboxylic acids is 2. The molecule has 0 spiro atoms. The minimum absolute atomic E-state index is 0.00616. The van der Waals surface area contributed by atoms with Crippen LogP contribution in [-0.2, 0) is 11.2 Å². The van der Waals surface area contributed by atoms with E-state index in [-0.39, 0.29) is 18.4 Å². The first kappa shape index (κ1) is 14.2. The van der Waals surface area contributed by atoms with Gasteiger partial charge in [0, 0.05) is 12.1 Å². The zero-order valence-electron chi connectivity index (χ0n) is 10.5. The first-order valence-corrected chi connectivity index (χ1v) is 6.01. The lowest BCUT2D eigenvalue weighted by Gasteiger charge is -2.06. The third-order valence-corrected chi connectivity index (χ3v) is 2.41. The van der Waals surface area contributed by atoms with Crippen LogP contribution in [0.2, 0.25) is 0 Å². The zero-order chi connectivity index (χ0) is 13.4. The molecule has 98 valence electrons. The molecule has 2 amide bonds. The van der Waals surface area contributed by atoms with Crippen LogP contribution < -0.4 is 16.4 Å². The summed E-state index contributed by atoms with van der Waals surface area (Å²) in [6.45, 7) is 2.93. The van der Waals surface area contributed by atoms with Gasteiger partial charge in [-0.2, -0.15) is 0 Å². The highest BCUT2D eigenvalue weighted by molar-refractivity contribution is 5.96. The highest BCUT2D eigenvalue weighted by Crippen LogP contribution is 2.05. The second-order valence-corrected chi connectivity index (χ2v) is 3.88. The Hall–Kier alpha value is -1.88. The molecule has 0 unspecified atom stereocenters. The molecule has 0 fully saturated rings. The summed E-state index contributed by atoms with van der Waals surface area (Å²) < 4.78 is 0. The van der Waals surface area contributed by atoms with Crippen LogP contribution >= 0.6 is 0 Å². The lowest BCUT2D eigenvalue weighted by atomic mass is 10.1. The molecule has 4 N–H and O–H groups in total. The number of nitrogens with one attached hydrogen (secondary N) is 2. The van der Waals surface area contributed by atoms with Crippen molar-refractivity contribution in [2.75, 3.05) is 19.6 Å². The molecule has 0 atom stereocenters. The molecule has 1 rings (SSSR count). The second-order valence-electron chi connectivity index (χ2n) is 3.88. The predicted molar refractivity (Wildman–Crippen MR) is 70.2 cm³/mol. The summed E-state index contributed by atoms with van der Waals surface area (Å²) in [5, 5.41) is 5.18. The van der Waals surface area contributed by atoms with E-state index in [1.165, 1.54) is 0 Å². The van der Waals surface area contributed by atoms with Gasteiger partial charge >= 0.3 is 0 Å². The average molecular weight is 249 g/mol. The van der Waals surface area contributed by atoms with Crippen LogP contribution in [0.5, 0.6) is 0 Å². The number of amides is 2. The van der Waals surface area contributed by atoms with Crippen molar-refractivity contribution in [2.24, 2.45) is 5.73 Å². The van der Waals surface area contributed by atoms with Gasteiger partial charge in [-0.05, 0) is 37.6 Å². The van der Waals surface area contributed by atoms with Crippen molar-refractivity contribution in [2.45, 2.75) is 13.3 Å². The van der Waals surface area contributed by atoms with Gasteiger partial charge < -0.3 is 16.4 Å². The van der Waals surface area contributed by atoms with Crippen LogP contribution in [-0.4, -0.2) is 31.4 Å². The largest absolute Gasteiger partial charge is 0.355 e. The highest BCUT2D eigenvalue weighted by atomic mass is 16.2. The maximum atomic E-state index is 11.8. The maximum absolute atomic E-state index is 11.8. The molecule has 5 nitrogen and oxygen atoms in total. The quantitative estimate of drug-likeness (QED) is 0.666.